The van der Waals surface area contributed by atoms with Crippen LogP contribution in [0, 0.1) is 0 Å². The van der Waals surface area contributed by atoms with Gasteiger partial charge in [0.2, 0.25) is 0 Å². The quantitative estimate of drug-likeness (QED) is 0.588. The minimum absolute atomic E-state index is 0.155. The number of hydroxylamine groups is 2. The molecule has 1 aromatic rings. The molecule has 0 bridgehead atoms. The first-order valence-electron chi connectivity index (χ1n) is 9.74. The molecule has 0 saturated heterocycles. The first-order chi connectivity index (χ1) is 14.8. The zero-order valence-corrected chi connectivity index (χ0v) is 19.1. The number of carbonyl (C=O) groups excluding carboxylic acids is 2. The molecule has 0 aliphatic carbocycles. The second kappa shape index (κ2) is 9.80. The van der Waals surface area contributed by atoms with Gasteiger partial charge in [-0.1, -0.05) is 35.3 Å². The van der Waals surface area contributed by atoms with Crippen molar-refractivity contribution in [2.75, 3.05) is 13.3 Å². The predicted molar refractivity (Wildman–Crippen MR) is 117 cm³/mol. The summed E-state index contributed by atoms with van der Waals surface area (Å²) in [5, 5.41) is 2.19. The fourth-order valence-electron chi connectivity index (χ4n) is 3.64. The summed E-state index contributed by atoms with van der Waals surface area (Å²) >= 11 is 12.8. The molecule has 0 aromatic heterocycles. The minimum Gasteiger partial charge on any atom is -0.463 e. The van der Waals surface area contributed by atoms with Crippen molar-refractivity contribution in [2.24, 2.45) is 9.98 Å². The highest BCUT2D eigenvalue weighted by atomic mass is 35.5. The van der Waals surface area contributed by atoms with E-state index in [0.717, 1.165) is 0 Å². The van der Waals surface area contributed by atoms with Gasteiger partial charge in [-0.2, -0.15) is 0 Å². The normalized spacial score (nSPS) is 21.7. The van der Waals surface area contributed by atoms with E-state index in [1.54, 1.807) is 38.4 Å². The molecule has 3 rings (SSSR count). The smallest absolute Gasteiger partial charge is 0.347 e. The number of allylic oxidation sites excluding steroid dienone is 1. The van der Waals surface area contributed by atoms with E-state index in [0.29, 0.717) is 27.0 Å². The van der Waals surface area contributed by atoms with Crippen LogP contribution in [0.2, 0.25) is 10.0 Å². The van der Waals surface area contributed by atoms with Gasteiger partial charge in [0, 0.05) is 17.3 Å². The largest absolute Gasteiger partial charge is 0.463 e. The Hall–Kier alpha value is -2.42. The lowest BCUT2D eigenvalue weighted by molar-refractivity contribution is -0.164. The Morgan fingerprint density at radius 1 is 1.32 bits per heavy atom. The predicted octanol–water partition coefficient (Wildman–Crippen LogP) is 3.92. The van der Waals surface area contributed by atoms with Crippen molar-refractivity contribution < 1.29 is 23.9 Å². The van der Waals surface area contributed by atoms with Crippen LogP contribution in [0.15, 0.2) is 39.5 Å². The van der Waals surface area contributed by atoms with Gasteiger partial charge in [0.1, 0.15) is 12.4 Å². The second-order valence-electron chi connectivity index (χ2n) is 7.03. The van der Waals surface area contributed by atoms with Crippen LogP contribution in [-0.2, 0) is 23.9 Å². The average Bonchev–Trinajstić information content (AvgIpc) is 3.23. The summed E-state index contributed by atoms with van der Waals surface area (Å²) in [6.07, 6.45) is 0.457. The van der Waals surface area contributed by atoms with Gasteiger partial charge in [-0.25, -0.2) is 24.5 Å². The molecule has 8 nitrogen and oxygen atoms in total. The Morgan fingerprint density at radius 3 is 2.71 bits per heavy atom. The molecule has 0 spiro atoms. The molecule has 1 aromatic carbocycles. The maximum atomic E-state index is 13.2. The summed E-state index contributed by atoms with van der Waals surface area (Å²) < 4.78 is 10.4. The number of aliphatic imine (C=N–C) groups is 2. The first-order valence-corrected chi connectivity index (χ1v) is 10.5. The Labute approximate surface area is 190 Å². The van der Waals surface area contributed by atoms with Crippen molar-refractivity contribution >= 4 is 47.2 Å². The number of benzene rings is 1. The number of halogens is 2. The molecular weight excluding hydrogens is 445 g/mol. The highest BCUT2D eigenvalue weighted by molar-refractivity contribution is 6.42. The maximum Gasteiger partial charge on any atom is 0.347 e. The molecule has 31 heavy (non-hydrogen) atoms. The third-order valence-electron chi connectivity index (χ3n) is 4.98. The lowest BCUT2D eigenvalue weighted by Crippen LogP contribution is -2.46. The van der Waals surface area contributed by atoms with Gasteiger partial charge < -0.3 is 9.47 Å². The van der Waals surface area contributed by atoms with Crippen LogP contribution in [0.3, 0.4) is 0 Å². The number of rotatable bonds is 6. The van der Waals surface area contributed by atoms with Crippen LogP contribution >= 0.6 is 23.2 Å². The van der Waals surface area contributed by atoms with Crippen molar-refractivity contribution in [2.45, 2.75) is 45.8 Å². The molecular formula is C21H23Cl2N3O5. The van der Waals surface area contributed by atoms with Crippen molar-refractivity contribution in [3.63, 3.8) is 0 Å². The van der Waals surface area contributed by atoms with E-state index in [4.69, 9.17) is 37.5 Å². The summed E-state index contributed by atoms with van der Waals surface area (Å²) in [7, 11) is 0. The standard InChI is InChI=1S/C21H23Cl2N3O5/c1-5-29-20(27)13(4)31-21(28)16-11(2)25-12(3)19(26-9-24-10-30-26)17(16)14-7-6-8-15(22)18(14)23/h6-9,13,17,19H,5,10H2,1-4H3/t13?,17-,19?/m1/s1. The molecule has 0 radical (unpaired) electrons. The highest BCUT2D eigenvalue weighted by Crippen LogP contribution is 2.42. The Balaban J connectivity index is 2.08. The molecule has 0 fully saturated rings. The first kappa shape index (κ1) is 23.2. The van der Waals surface area contributed by atoms with Crippen LogP contribution in [0.25, 0.3) is 0 Å². The zero-order valence-electron chi connectivity index (χ0n) is 17.6. The highest BCUT2D eigenvalue weighted by Gasteiger charge is 2.43. The lowest BCUT2D eigenvalue weighted by Gasteiger charge is -2.37. The number of ether oxygens (including phenoxy) is 2. The summed E-state index contributed by atoms with van der Waals surface area (Å²) in [6, 6.07) is 4.68. The van der Waals surface area contributed by atoms with E-state index in [9.17, 15) is 9.59 Å². The molecule has 2 aliphatic heterocycles. The van der Waals surface area contributed by atoms with Gasteiger partial charge in [-0.15, -0.1) is 0 Å². The third kappa shape index (κ3) is 4.76. The molecule has 2 heterocycles. The van der Waals surface area contributed by atoms with E-state index in [1.165, 1.54) is 12.0 Å². The van der Waals surface area contributed by atoms with Gasteiger partial charge in [-0.3, -0.25) is 4.99 Å². The molecule has 0 N–H and O–H groups in total. The van der Waals surface area contributed by atoms with Gasteiger partial charge in [0.25, 0.3) is 0 Å². The molecule has 2 unspecified atom stereocenters. The number of nitrogens with zero attached hydrogens (tertiary/aromatic N) is 3. The summed E-state index contributed by atoms with van der Waals surface area (Å²) in [5.74, 6) is -1.96. The number of carbonyl (C=O) groups is 2. The molecule has 3 atom stereocenters. The number of hydrogen-bond donors (Lipinski definition) is 0. The van der Waals surface area contributed by atoms with E-state index in [1.807, 2.05) is 6.92 Å². The lowest BCUT2D eigenvalue weighted by atomic mass is 9.79. The summed E-state index contributed by atoms with van der Waals surface area (Å²) in [6.45, 7) is 7.01. The Kier molecular flexibility index (Phi) is 7.35. The number of hydrogen-bond acceptors (Lipinski definition) is 8. The molecule has 166 valence electrons. The fraction of sp³-hybridized carbons (Fsp3) is 0.429. The van der Waals surface area contributed by atoms with Crippen LogP contribution in [0.1, 0.15) is 39.2 Å². The molecule has 0 saturated carbocycles. The van der Waals surface area contributed by atoms with Crippen LogP contribution < -0.4 is 0 Å². The fourth-order valence-corrected chi connectivity index (χ4v) is 4.06. The molecule has 10 heteroatoms. The second-order valence-corrected chi connectivity index (χ2v) is 7.82. The van der Waals surface area contributed by atoms with Gasteiger partial charge in [-0.05, 0) is 39.3 Å². The van der Waals surface area contributed by atoms with E-state index in [2.05, 4.69) is 9.98 Å². The van der Waals surface area contributed by atoms with Gasteiger partial charge in [0.15, 0.2) is 12.8 Å². The SMILES string of the molecule is CCOC(=O)C(C)OC(=O)C1=C(C)N=C(C)C(N2C=NCO2)[C@@H]1c1cccc(Cl)c1Cl. The summed E-state index contributed by atoms with van der Waals surface area (Å²) in [5.41, 5.74) is 2.00. The van der Waals surface area contributed by atoms with Crippen molar-refractivity contribution in [3.05, 3.63) is 45.1 Å². The monoisotopic (exact) mass is 467 g/mol. The molecule has 2 aliphatic rings. The number of esters is 2. The summed E-state index contributed by atoms with van der Waals surface area (Å²) in [4.78, 5) is 39.5. The van der Waals surface area contributed by atoms with Gasteiger partial charge >= 0.3 is 11.9 Å². The van der Waals surface area contributed by atoms with Crippen LogP contribution in [0.4, 0.5) is 0 Å². The van der Waals surface area contributed by atoms with Crippen LogP contribution in [-0.4, -0.2) is 54.5 Å². The Morgan fingerprint density at radius 2 is 2.06 bits per heavy atom. The average molecular weight is 468 g/mol. The third-order valence-corrected chi connectivity index (χ3v) is 5.81. The zero-order chi connectivity index (χ0) is 22.7. The minimum atomic E-state index is -1.08. The van der Waals surface area contributed by atoms with Crippen molar-refractivity contribution in [1.82, 2.24) is 5.06 Å². The van der Waals surface area contributed by atoms with E-state index < -0.39 is 30.0 Å². The van der Waals surface area contributed by atoms with Crippen LogP contribution in [0.5, 0.6) is 0 Å². The van der Waals surface area contributed by atoms with Gasteiger partial charge in [0.05, 0.1) is 22.2 Å². The van der Waals surface area contributed by atoms with E-state index >= 15 is 0 Å². The maximum absolute atomic E-state index is 13.2. The Bertz CT molecular complexity index is 976. The van der Waals surface area contributed by atoms with Crippen molar-refractivity contribution in [1.29, 1.82) is 0 Å². The van der Waals surface area contributed by atoms with E-state index in [-0.39, 0.29) is 18.9 Å². The van der Waals surface area contributed by atoms with Crippen molar-refractivity contribution in [3.8, 4) is 0 Å². The topological polar surface area (TPSA) is 89.8 Å². The molecule has 0 amide bonds.